The first-order valence-corrected chi connectivity index (χ1v) is 7.78. The Balaban J connectivity index is 4.04. The van der Waals surface area contributed by atoms with E-state index in [0.29, 0.717) is 13.0 Å². The summed E-state index contributed by atoms with van der Waals surface area (Å²) in [6.45, 7) is 7.69. The van der Waals surface area contributed by atoms with Gasteiger partial charge >= 0.3 is 18.2 Å². The zero-order valence-electron chi connectivity index (χ0n) is 14.3. The van der Waals surface area contributed by atoms with Crippen LogP contribution < -0.4 is 10.6 Å². The van der Waals surface area contributed by atoms with E-state index in [9.17, 15) is 14.4 Å². The molecule has 1 atom stereocenters. The van der Waals surface area contributed by atoms with Crippen molar-refractivity contribution in [1.29, 1.82) is 0 Å². The molecule has 0 saturated heterocycles. The standard InChI is InChI=1S/C15H28N2O6/c1-5-6-10-22-13(20)16-9-7-8-11(12(18)19)17-14(21)23-15(2,3)4/h11H,5-10H2,1-4H3,(H,16,20)(H,17,21)(H,18,19)/t11-/m0/s1. The summed E-state index contributed by atoms with van der Waals surface area (Å²) in [5.41, 5.74) is -0.697. The Labute approximate surface area is 136 Å². The van der Waals surface area contributed by atoms with Crippen LogP contribution in [0.4, 0.5) is 9.59 Å². The van der Waals surface area contributed by atoms with Crippen LogP contribution in [0.5, 0.6) is 0 Å². The number of aliphatic carboxylic acids is 1. The van der Waals surface area contributed by atoms with Gasteiger partial charge in [0, 0.05) is 6.54 Å². The molecule has 3 N–H and O–H groups in total. The van der Waals surface area contributed by atoms with Gasteiger partial charge in [-0.3, -0.25) is 0 Å². The molecule has 0 saturated carbocycles. The normalized spacial score (nSPS) is 12.2. The number of ether oxygens (including phenoxy) is 2. The first-order chi connectivity index (χ1) is 10.7. The first kappa shape index (κ1) is 21.0. The van der Waals surface area contributed by atoms with Crippen molar-refractivity contribution in [2.45, 2.75) is 65.0 Å². The highest BCUT2D eigenvalue weighted by atomic mass is 16.6. The summed E-state index contributed by atoms with van der Waals surface area (Å²) in [6, 6.07) is -1.07. The van der Waals surface area contributed by atoms with Gasteiger partial charge in [-0.1, -0.05) is 13.3 Å². The summed E-state index contributed by atoms with van der Waals surface area (Å²) in [5.74, 6) is -1.15. The maximum Gasteiger partial charge on any atom is 0.408 e. The molecule has 8 heteroatoms. The average molecular weight is 332 g/mol. The van der Waals surface area contributed by atoms with Crippen LogP contribution in [0.15, 0.2) is 0 Å². The van der Waals surface area contributed by atoms with Gasteiger partial charge in [0.15, 0.2) is 0 Å². The summed E-state index contributed by atoms with van der Waals surface area (Å²) in [7, 11) is 0. The van der Waals surface area contributed by atoms with Crippen molar-refractivity contribution in [2.24, 2.45) is 0 Å². The average Bonchev–Trinajstić information content (AvgIpc) is 2.40. The molecule has 0 radical (unpaired) electrons. The number of unbranched alkanes of at least 4 members (excludes halogenated alkanes) is 1. The SMILES string of the molecule is CCCCOC(=O)NCCC[C@H](NC(=O)OC(C)(C)C)C(=O)O. The molecule has 0 aliphatic rings. The summed E-state index contributed by atoms with van der Waals surface area (Å²) in [4.78, 5) is 34.0. The molecule has 0 bridgehead atoms. The Morgan fingerprint density at radius 2 is 1.78 bits per heavy atom. The minimum absolute atomic E-state index is 0.170. The quantitative estimate of drug-likeness (QED) is 0.558. The molecule has 23 heavy (non-hydrogen) atoms. The Morgan fingerprint density at radius 1 is 1.13 bits per heavy atom. The fraction of sp³-hybridized carbons (Fsp3) is 0.800. The number of hydrogen-bond donors (Lipinski definition) is 3. The monoisotopic (exact) mass is 332 g/mol. The minimum atomic E-state index is -1.15. The third-order valence-corrected chi connectivity index (χ3v) is 2.66. The molecule has 134 valence electrons. The second-order valence-corrected chi connectivity index (χ2v) is 6.10. The molecule has 0 spiro atoms. The lowest BCUT2D eigenvalue weighted by molar-refractivity contribution is -0.139. The van der Waals surface area contributed by atoms with Gasteiger partial charge in [0.1, 0.15) is 11.6 Å². The zero-order chi connectivity index (χ0) is 17.9. The lowest BCUT2D eigenvalue weighted by Crippen LogP contribution is -2.43. The fourth-order valence-corrected chi connectivity index (χ4v) is 1.56. The lowest BCUT2D eigenvalue weighted by Gasteiger charge is -2.22. The van der Waals surface area contributed by atoms with Crippen molar-refractivity contribution >= 4 is 18.2 Å². The van der Waals surface area contributed by atoms with Crippen LogP contribution in [0, 0.1) is 0 Å². The van der Waals surface area contributed by atoms with Gasteiger partial charge in [-0.15, -0.1) is 0 Å². The van der Waals surface area contributed by atoms with Gasteiger partial charge in [0.05, 0.1) is 6.61 Å². The number of nitrogens with one attached hydrogen (secondary N) is 2. The van der Waals surface area contributed by atoms with E-state index in [2.05, 4.69) is 10.6 Å². The van der Waals surface area contributed by atoms with Crippen molar-refractivity contribution in [3.8, 4) is 0 Å². The van der Waals surface area contributed by atoms with E-state index in [-0.39, 0.29) is 13.0 Å². The van der Waals surface area contributed by atoms with Gasteiger partial charge in [-0.25, -0.2) is 14.4 Å². The molecule has 0 aromatic rings. The number of hydrogen-bond acceptors (Lipinski definition) is 5. The molecular weight excluding hydrogens is 304 g/mol. The van der Waals surface area contributed by atoms with Crippen molar-refractivity contribution in [3.05, 3.63) is 0 Å². The summed E-state index contributed by atoms with van der Waals surface area (Å²) < 4.78 is 9.91. The topological polar surface area (TPSA) is 114 Å². The second-order valence-electron chi connectivity index (χ2n) is 6.10. The van der Waals surface area contributed by atoms with Crippen molar-refractivity contribution in [1.82, 2.24) is 10.6 Å². The minimum Gasteiger partial charge on any atom is -0.480 e. The highest BCUT2D eigenvalue weighted by Crippen LogP contribution is 2.07. The van der Waals surface area contributed by atoms with Gasteiger partial charge in [0.25, 0.3) is 0 Å². The highest BCUT2D eigenvalue weighted by molar-refractivity contribution is 5.79. The molecule has 0 aromatic heterocycles. The van der Waals surface area contributed by atoms with Crippen molar-refractivity contribution in [2.75, 3.05) is 13.2 Å². The summed E-state index contributed by atoms with van der Waals surface area (Å²) in [5, 5.41) is 13.9. The molecule has 0 aliphatic heterocycles. The van der Waals surface area contributed by atoms with E-state index in [4.69, 9.17) is 14.6 Å². The van der Waals surface area contributed by atoms with E-state index in [1.54, 1.807) is 20.8 Å². The molecule has 2 amide bonds. The molecule has 0 rings (SSSR count). The number of carbonyl (C=O) groups is 3. The van der Waals surface area contributed by atoms with E-state index < -0.39 is 29.8 Å². The van der Waals surface area contributed by atoms with Gasteiger partial charge < -0.3 is 25.2 Å². The number of carbonyl (C=O) groups excluding carboxylic acids is 2. The molecule has 0 unspecified atom stereocenters. The number of carboxylic acids is 1. The number of alkyl carbamates (subject to hydrolysis) is 2. The molecule has 0 aliphatic carbocycles. The van der Waals surface area contributed by atoms with Crippen LogP contribution in [-0.2, 0) is 14.3 Å². The van der Waals surface area contributed by atoms with E-state index in [1.807, 2.05) is 6.92 Å². The molecule has 0 aromatic carbocycles. The number of amides is 2. The largest absolute Gasteiger partial charge is 0.480 e. The lowest BCUT2D eigenvalue weighted by atomic mass is 10.1. The zero-order valence-corrected chi connectivity index (χ0v) is 14.3. The van der Waals surface area contributed by atoms with Crippen LogP contribution >= 0.6 is 0 Å². The van der Waals surface area contributed by atoms with E-state index >= 15 is 0 Å². The Morgan fingerprint density at radius 3 is 2.30 bits per heavy atom. The van der Waals surface area contributed by atoms with Gasteiger partial charge in [0.2, 0.25) is 0 Å². The van der Waals surface area contributed by atoms with Crippen LogP contribution in [0.25, 0.3) is 0 Å². The van der Waals surface area contributed by atoms with E-state index in [0.717, 1.165) is 12.8 Å². The maximum absolute atomic E-state index is 11.6. The Hall–Kier alpha value is -1.99. The molecule has 0 fully saturated rings. The maximum atomic E-state index is 11.6. The number of rotatable bonds is 9. The smallest absolute Gasteiger partial charge is 0.408 e. The Bertz CT molecular complexity index is 392. The third-order valence-electron chi connectivity index (χ3n) is 2.66. The van der Waals surface area contributed by atoms with Crippen LogP contribution in [0.1, 0.15) is 53.4 Å². The van der Waals surface area contributed by atoms with Crippen LogP contribution in [0.3, 0.4) is 0 Å². The van der Waals surface area contributed by atoms with Crippen molar-refractivity contribution in [3.63, 3.8) is 0 Å². The number of carboxylic acid groups (broad SMARTS) is 1. The highest BCUT2D eigenvalue weighted by Gasteiger charge is 2.23. The van der Waals surface area contributed by atoms with E-state index in [1.165, 1.54) is 0 Å². The predicted octanol–water partition coefficient (Wildman–Crippen LogP) is 2.27. The molecular formula is C15H28N2O6. The second kappa shape index (κ2) is 10.7. The molecule has 0 heterocycles. The third kappa shape index (κ3) is 12.3. The first-order valence-electron chi connectivity index (χ1n) is 7.78. The van der Waals surface area contributed by atoms with Gasteiger partial charge in [-0.2, -0.15) is 0 Å². The molecule has 8 nitrogen and oxygen atoms in total. The summed E-state index contributed by atoms with van der Waals surface area (Å²) >= 11 is 0. The summed E-state index contributed by atoms with van der Waals surface area (Å²) in [6.07, 6.45) is 0.986. The predicted molar refractivity (Wildman–Crippen MR) is 84.3 cm³/mol. The van der Waals surface area contributed by atoms with Crippen molar-refractivity contribution < 1.29 is 29.0 Å². The van der Waals surface area contributed by atoms with Gasteiger partial charge in [-0.05, 0) is 40.0 Å². The van der Waals surface area contributed by atoms with Crippen LogP contribution in [0.2, 0.25) is 0 Å². The van der Waals surface area contributed by atoms with Crippen LogP contribution in [-0.4, -0.2) is 48.1 Å². The Kier molecular flexibility index (Phi) is 9.76. The fourth-order valence-electron chi connectivity index (χ4n) is 1.56.